The van der Waals surface area contributed by atoms with Gasteiger partial charge in [-0.2, -0.15) is 0 Å². The number of aliphatic hydroxyl groups excluding tert-OH is 2. The Kier molecular flexibility index (Phi) is 11.8. The zero-order valence-electron chi connectivity index (χ0n) is 17.9. The van der Waals surface area contributed by atoms with Crippen molar-refractivity contribution >= 4 is 64.6 Å². The molecule has 9 heteroatoms. The topological polar surface area (TPSA) is 77.8 Å². The summed E-state index contributed by atoms with van der Waals surface area (Å²) in [7, 11) is 5.95. The van der Waals surface area contributed by atoms with Gasteiger partial charge < -0.3 is 15.3 Å². The van der Waals surface area contributed by atoms with Crippen molar-refractivity contribution in [2.75, 3.05) is 17.3 Å². The summed E-state index contributed by atoms with van der Waals surface area (Å²) < 4.78 is 2.37. The number of aliphatic carboxylic acids is 1. The Balaban J connectivity index is 1.91. The third-order valence-electron chi connectivity index (χ3n) is 5.53. The molecule has 170 valence electrons. The summed E-state index contributed by atoms with van der Waals surface area (Å²) in [5.74, 6) is 0.883. The highest BCUT2D eigenvalue weighted by Crippen LogP contribution is 2.42. The van der Waals surface area contributed by atoms with E-state index in [4.69, 9.17) is 13.0 Å². The smallest absolute Gasteiger partial charge is 0.313 e. The van der Waals surface area contributed by atoms with E-state index in [2.05, 4.69) is 29.8 Å². The number of halogens is 1. The van der Waals surface area contributed by atoms with E-state index in [-0.39, 0.29) is 23.5 Å². The van der Waals surface area contributed by atoms with Crippen LogP contribution in [0.4, 0.5) is 0 Å². The molecule has 1 aliphatic carbocycles. The summed E-state index contributed by atoms with van der Waals surface area (Å²) in [6.45, 7) is 4.17. The van der Waals surface area contributed by atoms with Crippen LogP contribution in [0, 0.1) is 31.6 Å². The first-order chi connectivity index (χ1) is 14.7. The average Bonchev–Trinajstić information content (AvgIpc) is 3.17. The van der Waals surface area contributed by atoms with E-state index in [0.29, 0.717) is 30.7 Å². The van der Waals surface area contributed by atoms with Crippen LogP contribution in [-0.4, -0.2) is 58.6 Å². The van der Waals surface area contributed by atoms with Crippen LogP contribution in [0.1, 0.15) is 23.3 Å². The van der Waals surface area contributed by atoms with Crippen LogP contribution in [0.2, 0.25) is 6.32 Å². The maximum Gasteiger partial charge on any atom is 0.313 e. The minimum atomic E-state index is -0.811. The van der Waals surface area contributed by atoms with Gasteiger partial charge in [0.2, 0.25) is 0 Å². The predicted octanol–water partition coefficient (Wildman–Crippen LogP) is 5.10. The Morgan fingerprint density at radius 1 is 1.39 bits per heavy atom. The predicted molar refractivity (Wildman–Crippen MR) is 138 cm³/mol. The SMILES string of the molecule is [B]C[C@@H]1CC(O)[C@H](C/C=C\CSCC(=O)O)[C@H]1/C=C/[C@@H](O)CSc1sc(C)c(Br)c1C. The van der Waals surface area contributed by atoms with E-state index >= 15 is 0 Å². The van der Waals surface area contributed by atoms with Gasteiger partial charge in [-0.25, -0.2) is 0 Å². The molecule has 0 bridgehead atoms. The molecule has 1 aromatic rings. The summed E-state index contributed by atoms with van der Waals surface area (Å²) >= 11 is 8.35. The van der Waals surface area contributed by atoms with Gasteiger partial charge in [0, 0.05) is 20.9 Å². The normalized spacial score (nSPS) is 25.1. The zero-order chi connectivity index (χ0) is 23.0. The second kappa shape index (κ2) is 13.5. The monoisotopic (exact) mass is 544 g/mol. The Bertz CT molecular complexity index is 783. The maximum atomic E-state index is 10.6. The molecule has 0 amide bonds. The van der Waals surface area contributed by atoms with Crippen molar-refractivity contribution < 1.29 is 20.1 Å². The van der Waals surface area contributed by atoms with Crippen molar-refractivity contribution in [1.29, 1.82) is 0 Å². The maximum absolute atomic E-state index is 10.6. The lowest BCUT2D eigenvalue weighted by atomic mass is 9.80. The standard InChI is InChI=1S/C22H30BBrO4S3/c1-13-21(24)14(2)31-22(13)30-11-16(25)6-7-17-15(10-23)9-19(26)18(17)5-3-4-8-29-12-20(27)28/h3-4,6-7,15-19,25-26H,5,8-12H2,1-2H3,(H,27,28)/b4-3-,7-6+/t15-,16+,17-,18+,19?/m0/s1. The van der Waals surface area contributed by atoms with Crippen LogP contribution in [-0.2, 0) is 4.79 Å². The fourth-order valence-corrected chi connectivity index (χ4v) is 7.49. The molecular formula is C22H30BBrO4S3. The summed E-state index contributed by atoms with van der Waals surface area (Å²) in [6, 6.07) is 0. The Labute approximate surface area is 207 Å². The first-order valence-corrected chi connectivity index (χ1v) is 14.1. The van der Waals surface area contributed by atoms with Crippen LogP contribution in [0.25, 0.3) is 0 Å². The molecule has 4 nitrogen and oxygen atoms in total. The van der Waals surface area contributed by atoms with Crippen molar-refractivity contribution in [2.24, 2.45) is 17.8 Å². The van der Waals surface area contributed by atoms with Gasteiger partial charge >= 0.3 is 5.97 Å². The third kappa shape index (κ3) is 8.27. The van der Waals surface area contributed by atoms with Crippen LogP contribution >= 0.6 is 50.8 Å². The Morgan fingerprint density at radius 2 is 2.13 bits per heavy atom. The molecule has 5 atom stereocenters. The summed E-state index contributed by atoms with van der Waals surface area (Å²) in [4.78, 5) is 11.8. The van der Waals surface area contributed by atoms with Gasteiger partial charge in [-0.05, 0) is 65.9 Å². The largest absolute Gasteiger partial charge is 0.481 e. The summed E-state index contributed by atoms with van der Waals surface area (Å²) in [6.07, 6.45) is 8.79. The number of thioether (sulfide) groups is 2. The number of carboxylic acid groups (broad SMARTS) is 1. The second-order valence-electron chi connectivity index (χ2n) is 7.80. The van der Waals surface area contributed by atoms with E-state index in [1.807, 2.05) is 24.3 Å². The van der Waals surface area contributed by atoms with Crippen molar-refractivity contribution in [3.05, 3.63) is 39.2 Å². The minimum Gasteiger partial charge on any atom is -0.481 e. The van der Waals surface area contributed by atoms with Gasteiger partial charge in [-0.3, -0.25) is 4.79 Å². The van der Waals surface area contributed by atoms with Gasteiger partial charge in [0.05, 0.1) is 30.0 Å². The molecular weight excluding hydrogens is 515 g/mol. The van der Waals surface area contributed by atoms with Gasteiger partial charge in [-0.15, -0.1) is 34.9 Å². The number of carboxylic acids is 1. The minimum absolute atomic E-state index is 0.0588. The Hall–Kier alpha value is -0.185. The zero-order valence-corrected chi connectivity index (χ0v) is 21.9. The molecule has 1 heterocycles. The lowest BCUT2D eigenvalue weighted by molar-refractivity contribution is -0.133. The number of thiophene rings is 1. The van der Waals surface area contributed by atoms with Gasteiger partial charge in [0.15, 0.2) is 0 Å². The number of hydrogen-bond donors (Lipinski definition) is 3. The molecule has 2 radical (unpaired) electrons. The molecule has 1 aliphatic rings. The molecule has 1 saturated carbocycles. The molecule has 0 aliphatic heterocycles. The number of hydrogen-bond acceptors (Lipinski definition) is 6. The van der Waals surface area contributed by atoms with Crippen LogP contribution in [0.5, 0.6) is 0 Å². The number of aliphatic hydroxyl groups is 2. The van der Waals surface area contributed by atoms with Crippen molar-refractivity contribution in [3.63, 3.8) is 0 Å². The quantitative estimate of drug-likeness (QED) is 0.147. The van der Waals surface area contributed by atoms with Crippen LogP contribution in [0.3, 0.4) is 0 Å². The van der Waals surface area contributed by atoms with Crippen LogP contribution < -0.4 is 0 Å². The molecule has 1 fully saturated rings. The Morgan fingerprint density at radius 3 is 2.74 bits per heavy atom. The van der Waals surface area contributed by atoms with Crippen molar-refractivity contribution in [2.45, 2.75) is 49.4 Å². The van der Waals surface area contributed by atoms with E-state index in [0.717, 1.165) is 4.47 Å². The molecule has 31 heavy (non-hydrogen) atoms. The summed E-state index contributed by atoms with van der Waals surface area (Å²) in [5, 5.41) is 29.7. The molecule has 3 N–H and O–H groups in total. The van der Waals surface area contributed by atoms with Gasteiger partial charge in [0.25, 0.3) is 0 Å². The van der Waals surface area contributed by atoms with Gasteiger partial charge in [0.1, 0.15) is 0 Å². The molecule has 2 rings (SSSR count). The van der Waals surface area contributed by atoms with E-state index in [1.54, 1.807) is 23.1 Å². The lowest BCUT2D eigenvalue weighted by Crippen LogP contribution is -2.19. The van der Waals surface area contributed by atoms with E-state index in [1.165, 1.54) is 26.4 Å². The number of carbonyl (C=O) groups is 1. The van der Waals surface area contributed by atoms with Crippen molar-refractivity contribution in [1.82, 2.24) is 0 Å². The highest BCUT2D eigenvalue weighted by atomic mass is 79.9. The second-order valence-corrected chi connectivity index (χ2v) is 12.1. The number of aryl methyl sites for hydroxylation is 1. The molecule has 0 aromatic carbocycles. The third-order valence-corrected chi connectivity index (χ3v) is 10.5. The molecule has 1 aromatic heterocycles. The van der Waals surface area contributed by atoms with Gasteiger partial charge in [-0.1, -0.05) is 30.6 Å². The highest BCUT2D eigenvalue weighted by molar-refractivity contribution is 9.10. The molecule has 1 unspecified atom stereocenters. The first-order valence-electron chi connectivity index (χ1n) is 10.3. The lowest BCUT2D eigenvalue weighted by Gasteiger charge is -2.21. The number of allylic oxidation sites excluding steroid dienone is 2. The molecule has 0 spiro atoms. The average molecular weight is 545 g/mol. The molecule has 0 saturated heterocycles. The highest BCUT2D eigenvalue weighted by Gasteiger charge is 2.39. The van der Waals surface area contributed by atoms with Crippen LogP contribution in [0.15, 0.2) is 33.0 Å². The van der Waals surface area contributed by atoms with E-state index < -0.39 is 18.2 Å². The number of rotatable bonds is 12. The summed E-state index contributed by atoms with van der Waals surface area (Å²) in [5.41, 5.74) is 1.22. The fourth-order valence-electron chi connectivity index (χ4n) is 3.88. The first kappa shape index (κ1) is 27.1. The van der Waals surface area contributed by atoms with Crippen molar-refractivity contribution in [3.8, 4) is 0 Å². The fraction of sp³-hybridized carbons (Fsp3) is 0.591. The van der Waals surface area contributed by atoms with E-state index in [9.17, 15) is 15.0 Å².